The number of esters is 1. The van der Waals surface area contributed by atoms with Crippen LogP contribution in [0.1, 0.15) is 37.4 Å². The lowest BCUT2D eigenvalue weighted by Gasteiger charge is -2.08. The summed E-state index contributed by atoms with van der Waals surface area (Å²) in [6.07, 6.45) is 2.00. The van der Waals surface area contributed by atoms with Gasteiger partial charge in [0.05, 0.1) is 13.7 Å². The molecule has 0 bridgehead atoms. The molecule has 1 heterocycles. The fourth-order valence-corrected chi connectivity index (χ4v) is 2.59. The van der Waals surface area contributed by atoms with E-state index in [1.54, 1.807) is 14.0 Å². The molecule has 0 amide bonds. The molecule has 1 aromatic carbocycles. The van der Waals surface area contributed by atoms with Crippen LogP contribution in [-0.4, -0.2) is 30.7 Å². The molecule has 2 aromatic rings. The van der Waals surface area contributed by atoms with Crippen LogP contribution >= 0.6 is 0 Å². The highest BCUT2D eigenvalue weighted by atomic mass is 16.5. The average Bonchev–Trinajstić information content (AvgIpc) is 3.07. The lowest BCUT2D eigenvalue weighted by molar-refractivity contribution is -0.144. The summed E-state index contributed by atoms with van der Waals surface area (Å²) in [6, 6.07) is 9.41. The predicted molar refractivity (Wildman–Crippen MR) is 103 cm³/mol. The highest BCUT2D eigenvalue weighted by Crippen LogP contribution is 2.30. The number of carbonyl (C=O) groups is 1. The van der Waals surface area contributed by atoms with Crippen LogP contribution in [-0.2, 0) is 9.53 Å². The van der Waals surface area contributed by atoms with E-state index in [1.165, 1.54) is 0 Å². The van der Waals surface area contributed by atoms with E-state index in [4.69, 9.17) is 15.2 Å². The van der Waals surface area contributed by atoms with Gasteiger partial charge in [-0.15, -0.1) is 0 Å². The van der Waals surface area contributed by atoms with Gasteiger partial charge in [0.1, 0.15) is 11.8 Å². The van der Waals surface area contributed by atoms with Crippen molar-refractivity contribution in [2.45, 2.75) is 39.2 Å². The Morgan fingerprint density at radius 3 is 2.77 bits per heavy atom. The van der Waals surface area contributed by atoms with Gasteiger partial charge in [0, 0.05) is 28.9 Å². The summed E-state index contributed by atoms with van der Waals surface area (Å²) in [5.41, 5.74) is 9.79. The van der Waals surface area contributed by atoms with Crippen molar-refractivity contribution in [3.8, 4) is 28.8 Å². The number of rotatable bonds is 7. The van der Waals surface area contributed by atoms with Crippen molar-refractivity contribution in [2.75, 3.05) is 13.7 Å². The number of nitrogens with one attached hydrogen (secondary N) is 1. The molecule has 0 spiro atoms. The van der Waals surface area contributed by atoms with Crippen LogP contribution in [0.5, 0.6) is 5.75 Å². The number of H-pyrrole nitrogens is 1. The molecule has 0 aliphatic rings. The van der Waals surface area contributed by atoms with E-state index in [2.05, 4.69) is 16.8 Å². The number of ether oxygens (including phenoxy) is 2. The number of hydrogen-bond donors (Lipinski definition) is 2. The number of carbonyl (C=O) groups excluding carboxylic acids is 1. The Labute approximate surface area is 154 Å². The minimum absolute atomic E-state index is 0.347. The highest BCUT2D eigenvalue weighted by Gasteiger charge is 2.13. The Morgan fingerprint density at radius 1 is 1.31 bits per heavy atom. The van der Waals surface area contributed by atoms with Crippen molar-refractivity contribution < 1.29 is 14.3 Å². The molecule has 26 heavy (non-hydrogen) atoms. The van der Waals surface area contributed by atoms with Gasteiger partial charge in [0.15, 0.2) is 0 Å². The van der Waals surface area contributed by atoms with Crippen molar-refractivity contribution in [3.05, 3.63) is 41.6 Å². The first-order valence-corrected chi connectivity index (χ1v) is 8.80. The molecular weight excluding hydrogens is 328 g/mol. The fraction of sp³-hybridized carbons (Fsp3) is 0.381. The summed E-state index contributed by atoms with van der Waals surface area (Å²) in [5, 5.41) is 0. The second-order valence-electron chi connectivity index (χ2n) is 6.02. The Kier molecular flexibility index (Phi) is 7.31. The smallest absolute Gasteiger partial charge is 0.322 e. The quantitative estimate of drug-likeness (QED) is 0.454. The monoisotopic (exact) mass is 354 g/mol. The van der Waals surface area contributed by atoms with Crippen molar-refractivity contribution in [3.63, 3.8) is 0 Å². The molecule has 138 valence electrons. The van der Waals surface area contributed by atoms with Gasteiger partial charge in [-0.25, -0.2) is 0 Å². The summed E-state index contributed by atoms with van der Waals surface area (Å²) in [4.78, 5) is 14.8. The van der Waals surface area contributed by atoms with E-state index in [1.807, 2.05) is 37.3 Å². The highest BCUT2D eigenvalue weighted by molar-refractivity contribution is 5.75. The first-order chi connectivity index (χ1) is 12.5. The van der Waals surface area contributed by atoms with Gasteiger partial charge in [0.25, 0.3) is 0 Å². The van der Waals surface area contributed by atoms with Crippen LogP contribution in [0, 0.1) is 18.8 Å². The molecule has 0 aliphatic carbocycles. The number of aromatic nitrogens is 1. The summed E-state index contributed by atoms with van der Waals surface area (Å²) >= 11 is 0. The third-order valence-corrected chi connectivity index (χ3v) is 3.96. The number of aryl methyl sites for hydroxylation is 1. The minimum atomic E-state index is -0.569. The normalized spacial score (nSPS) is 11.4. The molecule has 5 nitrogen and oxygen atoms in total. The van der Waals surface area contributed by atoms with Gasteiger partial charge in [-0.05, 0) is 57.0 Å². The molecular formula is C21H26N2O3. The summed E-state index contributed by atoms with van der Waals surface area (Å²) in [6.45, 7) is 4.14. The molecule has 0 aliphatic heterocycles. The van der Waals surface area contributed by atoms with E-state index < -0.39 is 6.04 Å². The topological polar surface area (TPSA) is 77.3 Å². The zero-order valence-corrected chi connectivity index (χ0v) is 15.6. The van der Waals surface area contributed by atoms with E-state index >= 15 is 0 Å². The molecule has 1 unspecified atom stereocenters. The van der Waals surface area contributed by atoms with Gasteiger partial charge in [0.2, 0.25) is 0 Å². The summed E-state index contributed by atoms with van der Waals surface area (Å²) in [5.74, 6) is 6.69. The minimum Gasteiger partial charge on any atom is -0.496 e. The number of nitrogens with two attached hydrogens (primary N) is 1. The third kappa shape index (κ3) is 5.40. The number of hydrogen-bond acceptors (Lipinski definition) is 4. The number of aromatic amines is 1. The molecule has 0 saturated carbocycles. The van der Waals surface area contributed by atoms with Crippen molar-refractivity contribution >= 4 is 5.97 Å². The second-order valence-corrected chi connectivity index (χ2v) is 6.02. The molecule has 0 fully saturated rings. The first kappa shape index (κ1) is 19.6. The van der Waals surface area contributed by atoms with E-state index in [9.17, 15) is 4.79 Å². The maximum Gasteiger partial charge on any atom is 0.322 e. The summed E-state index contributed by atoms with van der Waals surface area (Å²) in [7, 11) is 1.66. The molecule has 1 atom stereocenters. The van der Waals surface area contributed by atoms with Gasteiger partial charge < -0.3 is 20.2 Å². The Balaban J connectivity index is 1.94. The number of methoxy groups -OCH3 is 1. The summed E-state index contributed by atoms with van der Waals surface area (Å²) < 4.78 is 10.4. The van der Waals surface area contributed by atoms with Gasteiger partial charge >= 0.3 is 5.97 Å². The van der Waals surface area contributed by atoms with Crippen LogP contribution in [0.2, 0.25) is 0 Å². The van der Waals surface area contributed by atoms with Crippen LogP contribution in [0.4, 0.5) is 0 Å². The Morgan fingerprint density at radius 2 is 2.12 bits per heavy atom. The molecule has 2 rings (SSSR count). The van der Waals surface area contributed by atoms with Crippen LogP contribution in [0.25, 0.3) is 11.3 Å². The van der Waals surface area contributed by atoms with Gasteiger partial charge in [-0.1, -0.05) is 11.8 Å². The van der Waals surface area contributed by atoms with E-state index in [0.29, 0.717) is 19.4 Å². The van der Waals surface area contributed by atoms with E-state index in [0.717, 1.165) is 34.7 Å². The van der Waals surface area contributed by atoms with E-state index in [-0.39, 0.29) is 5.97 Å². The van der Waals surface area contributed by atoms with Gasteiger partial charge in [-0.3, -0.25) is 4.79 Å². The Hall–Kier alpha value is -2.71. The standard InChI is InChI=1S/C21H26N2O3/c1-4-26-21(24)18(22)9-7-5-6-8-16-11-12-17(20(14-16)25-3)19-13-10-15(2)23-19/h10-14,18,23H,4-5,7,9,22H2,1-3H3. The molecule has 5 heteroatoms. The average molecular weight is 354 g/mol. The van der Waals surface area contributed by atoms with Gasteiger partial charge in [-0.2, -0.15) is 0 Å². The van der Waals surface area contributed by atoms with Crippen LogP contribution in [0.3, 0.4) is 0 Å². The lowest BCUT2D eigenvalue weighted by atomic mass is 10.1. The number of benzene rings is 1. The molecule has 0 radical (unpaired) electrons. The lowest BCUT2D eigenvalue weighted by Crippen LogP contribution is -2.32. The molecule has 1 aromatic heterocycles. The maximum absolute atomic E-state index is 11.4. The zero-order chi connectivity index (χ0) is 18.9. The number of unbranched alkanes of at least 4 members (excludes halogenated alkanes) is 1. The zero-order valence-electron chi connectivity index (χ0n) is 15.6. The predicted octanol–water partition coefficient (Wildman–Crippen LogP) is 3.41. The molecule has 0 saturated heterocycles. The first-order valence-electron chi connectivity index (χ1n) is 8.80. The SMILES string of the molecule is CCOC(=O)C(N)CCCC#Cc1ccc(-c2ccc(C)[nH]2)c(OC)c1. The third-order valence-electron chi connectivity index (χ3n) is 3.96. The van der Waals surface area contributed by atoms with Crippen molar-refractivity contribution in [1.82, 2.24) is 4.98 Å². The largest absolute Gasteiger partial charge is 0.496 e. The molecule has 3 N–H and O–H groups in total. The second kappa shape index (κ2) is 9.69. The fourth-order valence-electron chi connectivity index (χ4n) is 2.59. The van der Waals surface area contributed by atoms with Crippen LogP contribution in [0.15, 0.2) is 30.3 Å². The maximum atomic E-state index is 11.4. The van der Waals surface area contributed by atoms with Crippen LogP contribution < -0.4 is 10.5 Å². The van der Waals surface area contributed by atoms with Crippen molar-refractivity contribution in [2.24, 2.45) is 5.73 Å². The Bertz CT molecular complexity index is 799. The van der Waals surface area contributed by atoms with Crippen molar-refractivity contribution in [1.29, 1.82) is 0 Å².